The van der Waals surface area contributed by atoms with E-state index in [1.165, 1.54) is 0 Å². The zero-order chi connectivity index (χ0) is 22.3. The van der Waals surface area contributed by atoms with Crippen molar-refractivity contribution in [2.45, 2.75) is 0 Å². The van der Waals surface area contributed by atoms with Gasteiger partial charge in [-0.15, -0.1) is 0 Å². The maximum atomic E-state index is 13.6. The fourth-order valence-corrected chi connectivity index (χ4v) is 2.13. The van der Waals surface area contributed by atoms with Crippen LogP contribution in [-0.4, -0.2) is 28.5 Å². The van der Waals surface area contributed by atoms with Gasteiger partial charge in [0.2, 0.25) is 0 Å². The minimum atomic E-state index is -1.14. The largest absolute Gasteiger partial charge is 0.465 e. The molecule has 2 aromatic rings. The molecule has 0 unspecified atom stereocenters. The van der Waals surface area contributed by atoms with Gasteiger partial charge in [0.05, 0.1) is 16.5 Å². The van der Waals surface area contributed by atoms with Crippen molar-refractivity contribution in [3.05, 3.63) is 62.1 Å². The average molecular weight is 515 g/mol. The Balaban J connectivity index is 0.000000612. The van der Waals surface area contributed by atoms with Crippen LogP contribution in [-0.2, 0) is 14.3 Å². The van der Waals surface area contributed by atoms with Crippen LogP contribution in [0.2, 0.25) is 0 Å². The number of nitrogens with zero attached hydrogens (tertiary/aromatic N) is 1. The van der Waals surface area contributed by atoms with Crippen molar-refractivity contribution in [2.75, 3.05) is 7.11 Å². The molecule has 0 saturated heterocycles. The van der Waals surface area contributed by atoms with Gasteiger partial charge in [0, 0.05) is 18.2 Å². The molecule has 0 bridgehead atoms. The molecule has 0 atom stereocenters. The van der Waals surface area contributed by atoms with Crippen LogP contribution in [0.25, 0.3) is 0 Å². The molecule has 0 heterocycles. The van der Waals surface area contributed by atoms with Crippen LogP contribution in [0, 0.1) is 21.7 Å². The summed E-state index contributed by atoms with van der Waals surface area (Å²) >= 11 is 12.0. The molecule has 0 aliphatic heterocycles. The van der Waals surface area contributed by atoms with E-state index >= 15 is 0 Å². The van der Waals surface area contributed by atoms with Crippen molar-refractivity contribution in [1.82, 2.24) is 0 Å². The van der Waals surface area contributed by atoms with E-state index in [1.54, 1.807) is 0 Å². The van der Waals surface area contributed by atoms with Gasteiger partial charge in [-0.2, -0.15) is 0 Å². The van der Waals surface area contributed by atoms with E-state index < -0.39 is 38.7 Å². The average Bonchev–Trinajstić information content (AvgIpc) is 2.64. The Bertz CT molecular complexity index is 976. The highest BCUT2D eigenvalue weighted by atomic mass is 79.9. The fraction of sp³-hybridized carbons (Fsp3) is 0.0625. The molecule has 154 valence electrons. The molecule has 0 N–H and O–H groups in total. The molecule has 0 aliphatic carbocycles. The standard InChI is InChI=1S/C14H8BrF2NO5.C2Cl2O2/c1-22-14(19)8-5-13(9(15)6-11(8)18(20)21)23-12-3-2-7(16)4-10(12)17;3-1(5)2(4)6/h2-6H,1H3;. The van der Waals surface area contributed by atoms with Crippen molar-refractivity contribution in [3.8, 4) is 11.5 Å². The molecular weight excluding hydrogens is 507 g/mol. The number of benzene rings is 2. The predicted molar refractivity (Wildman–Crippen MR) is 100 cm³/mol. The third kappa shape index (κ3) is 7.04. The Morgan fingerprint density at radius 1 is 1.07 bits per heavy atom. The van der Waals surface area contributed by atoms with Gasteiger partial charge < -0.3 is 9.47 Å². The van der Waals surface area contributed by atoms with Crippen molar-refractivity contribution in [3.63, 3.8) is 0 Å². The molecule has 0 radical (unpaired) electrons. The Morgan fingerprint density at radius 2 is 1.66 bits per heavy atom. The van der Waals surface area contributed by atoms with Gasteiger partial charge >= 0.3 is 16.5 Å². The number of carbonyl (C=O) groups is 3. The highest BCUT2D eigenvalue weighted by molar-refractivity contribution is 9.10. The first-order chi connectivity index (χ1) is 13.5. The number of halogens is 5. The van der Waals surface area contributed by atoms with E-state index in [1.807, 2.05) is 0 Å². The second kappa shape index (κ2) is 10.8. The molecule has 0 saturated carbocycles. The van der Waals surface area contributed by atoms with Crippen LogP contribution in [0.4, 0.5) is 14.5 Å². The van der Waals surface area contributed by atoms with Gasteiger partial charge in [0.25, 0.3) is 5.69 Å². The molecule has 0 fully saturated rings. The van der Waals surface area contributed by atoms with E-state index in [2.05, 4.69) is 43.9 Å². The highest BCUT2D eigenvalue weighted by Gasteiger charge is 2.24. The number of nitro groups is 1. The van der Waals surface area contributed by atoms with Crippen molar-refractivity contribution in [2.24, 2.45) is 0 Å². The van der Waals surface area contributed by atoms with Crippen LogP contribution in [0.15, 0.2) is 34.8 Å². The summed E-state index contributed by atoms with van der Waals surface area (Å²) in [5, 5.41) is 8.71. The Morgan fingerprint density at radius 3 is 2.10 bits per heavy atom. The van der Waals surface area contributed by atoms with Crippen molar-refractivity contribution < 1.29 is 37.6 Å². The number of methoxy groups -OCH3 is 1. The summed E-state index contributed by atoms with van der Waals surface area (Å²) in [5.74, 6) is -3.07. The third-order valence-corrected chi connectivity index (χ3v) is 3.98. The lowest BCUT2D eigenvalue weighted by atomic mass is 10.1. The smallest absolute Gasteiger partial charge is 0.345 e. The molecule has 0 amide bonds. The van der Waals surface area contributed by atoms with Gasteiger partial charge in [-0.1, -0.05) is 0 Å². The molecule has 2 aromatic carbocycles. The van der Waals surface area contributed by atoms with Crippen LogP contribution in [0.3, 0.4) is 0 Å². The number of hydrogen-bond acceptors (Lipinski definition) is 7. The molecule has 8 nitrogen and oxygen atoms in total. The molecular formula is C16H8BrCl2F2NO7. The lowest BCUT2D eigenvalue weighted by Gasteiger charge is -2.10. The maximum Gasteiger partial charge on any atom is 0.345 e. The monoisotopic (exact) mass is 513 g/mol. The van der Waals surface area contributed by atoms with Gasteiger partial charge in [-0.25, -0.2) is 13.6 Å². The Hall–Kier alpha value is -2.63. The summed E-state index contributed by atoms with van der Waals surface area (Å²) in [7, 11) is 1.06. The summed E-state index contributed by atoms with van der Waals surface area (Å²) in [5.41, 5.74) is -0.867. The summed E-state index contributed by atoms with van der Waals surface area (Å²) in [6, 6.07) is 4.73. The van der Waals surface area contributed by atoms with Crippen molar-refractivity contribution >= 4 is 61.3 Å². The maximum absolute atomic E-state index is 13.6. The topological polar surface area (TPSA) is 113 Å². The van der Waals surface area contributed by atoms with E-state index in [4.69, 9.17) is 4.74 Å². The summed E-state index contributed by atoms with van der Waals surface area (Å²) < 4.78 is 36.3. The van der Waals surface area contributed by atoms with E-state index in [9.17, 15) is 33.3 Å². The Kier molecular flexibility index (Phi) is 9.08. The van der Waals surface area contributed by atoms with E-state index in [-0.39, 0.29) is 21.5 Å². The van der Waals surface area contributed by atoms with Gasteiger partial charge in [0.15, 0.2) is 11.6 Å². The molecule has 29 heavy (non-hydrogen) atoms. The molecule has 0 aromatic heterocycles. The SMILES string of the molecule is COC(=O)c1cc(Oc2ccc(F)cc2F)c(Br)cc1[N+](=O)[O-].O=C(Cl)C(=O)Cl. The molecule has 0 aliphatic rings. The fourth-order valence-electron chi connectivity index (χ4n) is 1.72. The molecule has 2 rings (SSSR count). The first-order valence-electron chi connectivity index (χ1n) is 7.06. The normalized spacial score (nSPS) is 9.72. The number of hydrogen-bond donors (Lipinski definition) is 0. The minimum absolute atomic E-state index is 0.0680. The third-order valence-electron chi connectivity index (χ3n) is 2.92. The minimum Gasteiger partial charge on any atom is -0.465 e. The predicted octanol–water partition coefficient (Wildman–Crippen LogP) is 4.73. The number of ether oxygens (including phenoxy) is 2. The van der Waals surface area contributed by atoms with Crippen LogP contribution in [0.1, 0.15) is 10.4 Å². The summed E-state index contributed by atoms with van der Waals surface area (Å²) in [6.07, 6.45) is 0. The first kappa shape index (κ1) is 24.4. The highest BCUT2D eigenvalue weighted by Crippen LogP contribution is 2.36. The Labute approximate surface area is 179 Å². The van der Waals surface area contributed by atoms with Gasteiger partial charge in [-0.3, -0.25) is 19.7 Å². The summed E-state index contributed by atoms with van der Waals surface area (Å²) in [6.45, 7) is 0. The zero-order valence-corrected chi connectivity index (χ0v) is 17.2. The number of esters is 1. The first-order valence-corrected chi connectivity index (χ1v) is 8.61. The van der Waals surface area contributed by atoms with E-state index in [0.717, 1.165) is 31.4 Å². The van der Waals surface area contributed by atoms with E-state index in [0.29, 0.717) is 6.07 Å². The lowest BCUT2D eigenvalue weighted by Crippen LogP contribution is -2.06. The number of carbonyl (C=O) groups excluding carboxylic acids is 3. The second-order valence-electron chi connectivity index (χ2n) is 4.77. The van der Waals surface area contributed by atoms with Gasteiger partial charge in [-0.05, 0) is 51.3 Å². The number of nitro benzene ring substituents is 1. The zero-order valence-electron chi connectivity index (χ0n) is 14.1. The van der Waals surface area contributed by atoms with Crippen molar-refractivity contribution in [1.29, 1.82) is 0 Å². The lowest BCUT2D eigenvalue weighted by molar-refractivity contribution is -0.385. The molecule has 0 spiro atoms. The summed E-state index contributed by atoms with van der Waals surface area (Å²) in [4.78, 5) is 40.7. The van der Waals surface area contributed by atoms with Crippen LogP contribution < -0.4 is 4.74 Å². The van der Waals surface area contributed by atoms with Gasteiger partial charge in [0.1, 0.15) is 17.1 Å². The van der Waals surface area contributed by atoms with Crippen LogP contribution in [0.5, 0.6) is 11.5 Å². The molecule has 13 heteroatoms. The number of rotatable bonds is 5. The second-order valence-corrected chi connectivity index (χ2v) is 6.31. The quantitative estimate of drug-likeness (QED) is 0.186. The van der Waals surface area contributed by atoms with Crippen LogP contribution >= 0.6 is 39.1 Å².